The maximum atomic E-state index is 13.0. The lowest BCUT2D eigenvalue weighted by atomic mass is 9.76. The summed E-state index contributed by atoms with van der Waals surface area (Å²) < 4.78 is 5.40. The molecule has 4 fully saturated rings. The van der Waals surface area contributed by atoms with E-state index in [1.807, 2.05) is 9.80 Å². The third-order valence-electron chi connectivity index (χ3n) is 7.64. The summed E-state index contributed by atoms with van der Waals surface area (Å²) in [7, 11) is 2.13. The second-order valence-electron chi connectivity index (χ2n) is 9.35. The highest BCUT2D eigenvalue weighted by atomic mass is 16.5. The van der Waals surface area contributed by atoms with Crippen LogP contribution < -0.4 is 0 Å². The first kappa shape index (κ1) is 20.1. The minimum atomic E-state index is 0.0449. The summed E-state index contributed by atoms with van der Waals surface area (Å²) in [6, 6.07) is 0.668. The maximum Gasteiger partial charge on any atom is 0.240 e. The van der Waals surface area contributed by atoms with Gasteiger partial charge in [-0.25, -0.2) is 0 Å². The smallest absolute Gasteiger partial charge is 0.240 e. The van der Waals surface area contributed by atoms with Crippen molar-refractivity contribution in [1.82, 2.24) is 19.6 Å². The average Bonchev–Trinajstić information content (AvgIpc) is 3.04. The molecular weight excluding hydrogens is 356 g/mol. The monoisotopic (exact) mass is 392 g/mol. The highest BCUT2D eigenvalue weighted by molar-refractivity contribution is 5.82. The molecule has 1 unspecified atom stereocenters. The molecule has 1 spiro atoms. The molecule has 2 amide bonds. The predicted octanol–water partition coefficient (Wildman–Crippen LogP) is 0.642. The predicted molar refractivity (Wildman–Crippen MR) is 107 cm³/mol. The lowest BCUT2D eigenvalue weighted by Gasteiger charge is -2.45. The number of morpholine rings is 1. The van der Waals surface area contributed by atoms with Crippen LogP contribution in [0.1, 0.15) is 39.0 Å². The summed E-state index contributed by atoms with van der Waals surface area (Å²) in [5.74, 6) is 0.516. The molecule has 4 heterocycles. The van der Waals surface area contributed by atoms with E-state index in [0.717, 1.165) is 65.1 Å². The van der Waals surface area contributed by atoms with Crippen LogP contribution in [0.25, 0.3) is 0 Å². The molecule has 0 aromatic heterocycles. The lowest BCUT2D eigenvalue weighted by Crippen LogP contribution is -2.50. The molecule has 0 N–H and O–H groups in total. The van der Waals surface area contributed by atoms with Crippen LogP contribution in [0.3, 0.4) is 0 Å². The third kappa shape index (κ3) is 4.07. The molecule has 0 radical (unpaired) electrons. The van der Waals surface area contributed by atoms with Crippen molar-refractivity contribution in [1.29, 1.82) is 0 Å². The highest BCUT2D eigenvalue weighted by Gasteiger charge is 2.48. The summed E-state index contributed by atoms with van der Waals surface area (Å²) in [6.07, 6.45) is 5.60. The van der Waals surface area contributed by atoms with E-state index in [1.165, 1.54) is 12.8 Å². The van der Waals surface area contributed by atoms with Crippen molar-refractivity contribution < 1.29 is 14.3 Å². The number of ether oxygens (including phenoxy) is 1. The first-order chi connectivity index (χ1) is 13.5. The van der Waals surface area contributed by atoms with Gasteiger partial charge >= 0.3 is 0 Å². The van der Waals surface area contributed by atoms with Gasteiger partial charge in [0.05, 0.1) is 19.3 Å². The van der Waals surface area contributed by atoms with E-state index in [4.69, 9.17) is 4.74 Å². The van der Waals surface area contributed by atoms with E-state index in [0.29, 0.717) is 30.6 Å². The van der Waals surface area contributed by atoms with E-state index in [9.17, 15) is 9.59 Å². The third-order valence-corrected chi connectivity index (χ3v) is 7.64. The van der Waals surface area contributed by atoms with Crippen LogP contribution in [0.5, 0.6) is 0 Å². The molecule has 0 aromatic rings. The molecule has 1 atom stereocenters. The summed E-state index contributed by atoms with van der Waals surface area (Å²) in [5, 5.41) is 0. The van der Waals surface area contributed by atoms with Gasteiger partial charge < -0.3 is 19.4 Å². The summed E-state index contributed by atoms with van der Waals surface area (Å²) in [4.78, 5) is 33.5. The van der Waals surface area contributed by atoms with E-state index in [1.54, 1.807) is 6.92 Å². The fourth-order valence-corrected chi connectivity index (χ4v) is 5.81. The number of carbonyl (C=O) groups excluding carboxylic acids is 2. The van der Waals surface area contributed by atoms with Crippen LogP contribution in [0, 0.1) is 5.41 Å². The van der Waals surface area contributed by atoms with Crippen LogP contribution in [0.2, 0.25) is 0 Å². The van der Waals surface area contributed by atoms with E-state index in [2.05, 4.69) is 16.8 Å². The molecule has 158 valence electrons. The molecular formula is C21H36N4O3. The van der Waals surface area contributed by atoms with Crippen LogP contribution in [0.15, 0.2) is 0 Å². The SMILES string of the molecule is CC(=O)N1CCC(N2CCC3(CC2)CC(C(=O)N2CCOCC2)N(C)C3)CC1. The molecule has 4 rings (SSSR count). The Labute approximate surface area is 168 Å². The van der Waals surface area contributed by atoms with Crippen molar-refractivity contribution in [3.63, 3.8) is 0 Å². The van der Waals surface area contributed by atoms with Gasteiger partial charge in [0.2, 0.25) is 11.8 Å². The maximum absolute atomic E-state index is 13.0. The molecule has 7 heteroatoms. The van der Waals surface area contributed by atoms with Crippen LogP contribution in [-0.4, -0.2) is 110 Å². The number of likely N-dealkylation sites (N-methyl/N-ethyl adjacent to an activating group) is 1. The van der Waals surface area contributed by atoms with Crippen molar-refractivity contribution in [3.05, 3.63) is 0 Å². The number of piperidine rings is 2. The quantitative estimate of drug-likeness (QED) is 0.690. The first-order valence-corrected chi connectivity index (χ1v) is 11.0. The van der Waals surface area contributed by atoms with E-state index < -0.39 is 0 Å². The molecule has 0 bridgehead atoms. The number of amides is 2. The molecule has 0 saturated carbocycles. The van der Waals surface area contributed by atoms with Crippen LogP contribution in [-0.2, 0) is 14.3 Å². The molecule has 0 aromatic carbocycles. The molecule has 4 saturated heterocycles. The summed E-state index contributed by atoms with van der Waals surface area (Å²) in [5.41, 5.74) is 0.304. The number of nitrogens with zero attached hydrogens (tertiary/aromatic N) is 4. The summed E-state index contributed by atoms with van der Waals surface area (Å²) >= 11 is 0. The Morgan fingerprint density at radius 3 is 2.18 bits per heavy atom. The van der Waals surface area contributed by atoms with Gasteiger partial charge in [-0.3, -0.25) is 14.5 Å². The van der Waals surface area contributed by atoms with Crippen LogP contribution >= 0.6 is 0 Å². The second kappa shape index (κ2) is 8.28. The normalized spacial score (nSPS) is 30.1. The number of carbonyl (C=O) groups is 2. The van der Waals surface area contributed by atoms with E-state index >= 15 is 0 Å². The Balaban J connectivity index is 1.29. The van der Waals surface area contributed by atoms with Gasteiger partial charge in [-0.2, -0.15) is 0 Å². The van der Waals surface area contributed by atoms with Gasteiger partial charge in [0.1, 0.15) is 0 Å². The Kier molecular flexibility index (Phi) is 5.95. The second-order valence-corrected chi connectivity index (χ2v) is 9.35. The van der Waals surface area contributed by atoms with Crippen LogP contribution in [0.4, 0.5) is 0 Å². The topological polar surface area (TPSA) is 56.3 Å². The lowest BCUT2D eigenvalue weighted by molar-refractivity contribution is -0.139. The van der Waals surface area contributed by atoms with Crippen molar-refractivity contribution in [2.75, 3.05) is 66.1 Å². The Morgan fingerprint density at radius 2 is 1.57 bits per heavy atom. The minimum Gasteiger partial charge on any atom is -0.378 e. The highest BCUT2D eigenvalue weighted by Crippen LogP contribution is 2.44. The zero-order valence-electron chi connectivity index (χ0n) is 17.6. The fraction of sp³-hybridized carbons (Fsp3) is 0.905. The number of likely N-dealkylation sites (tertiary alicyclic amines) is 3. The summed E-state index contributed by atoms with van der Waals surface area (Å²) in [6.45, 7) is 9.62. The van der Waals surface area contributed by atoms with Gasteiger partial charge in [-0.15, -0.1) is 0 Å². The van der Waals surface area contributed by atoms with Gasteiger partial charge in [-0.05, 0) is 57.7 Å². The minimum absolute atomic E-state index is 0.0449. The molecule has 28 heavy (non-hydrogen) atoms. The Morgan fingerprint density at radius 1 is 0.929 bits per heavy atom. The number of rotatable bonds is 2. The molecule has 4 aliphatic heterocycles. The van der Waals surface area contributed by atoms with Gasteiger partial charge in [0.25, 0.3) is 0 Å². The van der Waals surface area contributed by atoms with Gasteiger partial charge in [-0.1, -0.05) is 0 Å². The van der Waals surface area contributed by atoms with Crippen molar-refractivity contribution >= 4 is 11.8 Å². The Hall–Kier alpha value is -1.18. The zero-order chi connectivity index (χ0) is 19.7. The van der Waals surface area contributed by atoms with Crippen molar-refractivity contribution in [3.8, 4) is 0 Å². The average molecular weight is 393 g/mol. The molecule has 7 nitrogen and oxygen atoms in total. The van der Waals surface area contributed by atoms with Crippen molar-refractivity contribution in [2.45, 2.75) is 51.1 Å². The molecule has 4 aliphatic rings. The first-order valence-electron chi connectivity index (χ1n) is 11.0. The largest absolute Gasteiger partial charge is 0.378 e. The number of hydrogen-bond donors (Lipinski definition) is 0. The standard InChI is InChI=1S/C21H36N4O3/c1-17(26)23-7-3-18(4-8-23)24-9-5-21(6-10-24)15-19(22(2)16-21)20(27)25-11-13-28-14-12-25/h18-19H,3-16H2,1-2H3. The zero-order valence-corrected chi connectivity index (χ0v) is 17.6. The fourth-order valence-electron chi connectivity index (χ4n) is 5.81. The Bertz CT molecular complexity index is 576. The number of hydrogen-bond acceptors (Lipinski definition) is 5. The van der Waals surface area contributed by atoms with Gasteiger partial charge in [0, 0.05) is 45.7 Å². The molecule has 0 aliphatic carbocycles. The van der Waals surface area contributed by atoms with Gasteiger partial charge in [0.15, 0.2) is 0 Å². The van der Waals surface area contributed by atoms with E-state index in [-0.39, 0.29) is 11.9 Å². The van der Waals surface area contributed by atoms with Crippen molar-refractivity contribution in [2.24, 2.45) is 5.41 Å².